The zero-order valence-corrected chi connectivity index (χ0v) is 10.6. The van der Waals surface area contributed by atoms with Crippen molar-refractivity contribution in [1.29, 1.82) is 0 Å². The van der Waals surface area contributed by atoms with E-state index in [1.165, 1.54) is 0 Å². The topological polar surface area (TPSA) is 83.6 Å². The molecule has 1 fully saturated rings. The zero-order chi connectivity index (χ0) is 13.0. The Morgan fingerprint density at radius 1 is 1.35 bits per heavy atom. The molecule has 5 nitrogen and oxygen atoms in total. The molecule has 98 valence electrons. The number of hydrogen-bond acceptors (Lipinski definition) is 3. The molecule has 1 saturated heterocycles. The van der Waals surface area contributed by atoms with Crippen LogP contribution in [-0.4, -0.2) is 41.0 Å². The smallest absolute Gasteiger partial charge is 0.303 e. The highest BCUT2D eigenvalue weighted by molar-refractivity contribution is 5.82. The number of hydrogen-bond donors (Lipinski definition) is 2. The fraction of sp³-hybridized carbons (Fsp3) is 0.833. The molecule has 0 aromatic rings. The number of piperidine rings is 1. The first-order valence-electron chi connectivity index (χ1n) is 6.18. The molecule has 3 N–H and O–H groups in total. The molecule has 17 heavy (non-hydrogen) atoms. The fourth-order valence-corrected chi connectivity index (χ4v) is 2.10. The number of carbonyl (C=O) groups excluding carboxylic acids is 1. The Kier molecular flexibility index (Phi) is 4.93. The van der Waals surface area contributed by atoms with E-state index in [1.54, 1.807) is 4.90 Å². The molecule has 1 heterocycles. The molecule has 1 rings (SSSR count). The maximum Gasteiger partial charge on any atom is 0.303 e. The van der Waals surface area contributed by atoms with E-state index in [-0.39, 0.29) is 24.2 Å². The van der Waals surface area contributed by atoms with Crippen LogP contribution in [0.5, 0.6) is 0 Å². The van der Waals surface area contributed by atoms with Gasteiger partial charge in [0.2, 0.25) is 5.91 Å². The first-order valence-corrected chi connectivity index (χ1v) is 6.18. The highest BCUT2D eigenvalue weighted by Crippen LogP contribution is 2.21. The molecular formula is C12H22N2O3. The Morgan fingerprint density at radius 3 is 2.29 bits per heavy atom. The standard InChI is InChI=1S/C12H22N2O3/c1-8(2)11(13)12(17)14-5-3-9(4-6-14)7-10(15)16/h8-9,11H,3-7,13H2,1-2H3,(H,15,16)/t11-/m1/s1. The van der Waals surface area contributed by atoms with Crippen molar-refractivity contribution in [2.45, 2.75) is 39.2 Å². The monoisotopic (exact) mass is 242 g/mol. The van der Waals surface area contributed by atoms with Crippen LogP contribution in [0, 0.1) is 11.8 Å². The van der Waals surface area contributed by atoms with Gasteiger partial charge in [-0.1, -0.05) is 13.8 Å². The molecule has 0 aromatic carbocycles. The average molecular weight is 242 g/mol. The van der Waals surface area contributed by atoms with Crippen molar-refractivity contribution in [3.63, 3.8) is 0 Å². The van der Waals surface area contributed by atoms with E-state index >= 15 is 0 Å². The number of carboxylic acids is 1. The molecule has 0 spiro atoms. The van der Waals surface area contributed by atoms with Crippen LogP contribution in [0.2, 0.25) is 0 Å². The SMILES string of the molecule is CC(C)[C@@H](N)C(=O)N1CCC(CC(=O)O)CC1. The molecule has 1 aliphatic heterocycles. The number of amides is 1. The summed E-state index contributed by atoms with van der Waals surface area (Å²) in [4.78, 5) is 24.3. The summed E-state index contributed by atoms with van der Waals surface area (Å²) in [5.74, 6) is -0.423. The molecule has 0 radical (unpaired) electrons. The lowest BCUT2D eigenvalue weighted by Gasteiger charge is -2.33. The summed E-state index contributed by atoms with van der Waals surface area (Å²) in [5, 5.41) is 8.70. The number of nitrogens with two attached hydrogens (primary N) is 1. The van der Waals surface area contributed by atoms with Gasteiger partial charge in [-0.2, -0.15) is 0 Å². The Morgan fingerprint density at radius 2 is 1.88 bits per heavy atom. The Balaban J connectivity index is 2.41. The Bertz CT molecular complexity index is 283. The lowest BCUT2D eigenvalue weighted by Crippen LogP contribution is -2.49. The normalized spacial score (nSPS) is 19.4. The molecule has 0 unspecified atom stereocenters. The summed E-state index contributed by atoms with van der Waals surface area (Å²) >= 11 is 0. The number of nitrogens with zero attached hydrogens (tertiary/aromatic N) is 1. The van der Waals surface area contributed by atoms with Gasteiger partial charge in [-0.3, -0.25) is 9.59 Å². The molecule has 1 aliphatic rings. The molecule has 5 heteroatoms. The van der Waals surface area contributed by atoms with E-state index in [2.05, 4.69) is 0 Å². The van der Waals surface area contributed by atoms with Crippen LogP contribution >= 0.6 is 0 Å². The summed E-state index contributed by atoms with van der Waals surface area (Å²) in [7, 11) is 0. The maximum absolute atomic E-state index is 12.0. The predicted octanol–water partition coefficient (Wildman–Crippen LogP) is 0.683. The van der Waals surface area contributed by atoms with Crippen LogP contribution < -0.4 is 5.73 Å². The molecule has 0 saturated carbocycles. The van der Waals surface area contributed by atoms with E-state index in [9.17, 15) is 9.59 Å². The summed E-state index contributed by atoms with van der Waals surface area (Å²) in [6.07, 6.45) is 1.74. The minimum absolute atomic E-state index is 0.00576. The van der Waals surface area contributed by atoms with Gasteiger partial charge in [-0.05, 0) is 24.7 Å². The highest BCUT2D eigenvalue weighted by Gasteiger charge is 2.28. The van der Waals surface area contributed by atoms with Gasteiger partial charge in [0.05, 0.1) is 6.04 Å². The van der Waals surface area contributed by atoms with E-state index in [0.29, 0.717) is 13.1 Å². The van der Waals surface area contributed by atoms with Gasteiger partial charge in [0.1, 0.15) is 0 Å². The van der Waals surface area contributed by atoms with Gasteiger partial charge in [-0.15, -0.1) is 0 Å². The first kappa shape index (κ1) is 14.0. The molecule has 0 bridgehead atoms. The average Bonchev–Trinajstić information content (AvgIpc) is 2.27. The lowest BCUT2D eigenvalue weighted by atomic mass is 9.92. The van der Waals surface area contributed by atoms with Crippen LogP contribution in [0.1, 0.15) is 33.1 Å². The first-order chi connectivity index (χ1) is 7.91. The highest BCUT2D eigenvalue weighted by atomic mass is 16.4. The van der Waals surface area contributed by atoms with Gasteiger partial charge in [-0.25, -0.2) is 0 Å². The third kappa shape index (κ3) is 4.00. The molecule has 1 atom stereocenters. The van der Waals surface area contributed by atoms with Crippen molar-refractivity contribution in [1.82, 2.24) is 4.90 Å². The van der Waals surface area contributed by atoms with E-state index in [0.717, 1.165) is 12.8 Å². The lowest BCUT2D eigenvalue weighted by molar-refractivity contribution is -0.139. The van der Waals surface area contributed by atoms with E-state index in [4.69, 9.17) is 10.8 Å². The minimum Gasteiger partial charge on any atom is -0.481 e. The van der Waals surface area contributed by atoms with Crippen molar-refractivity contribution in [2.75, 3.05) is 13.1 Å². The summed E-state index contributed by atoms with van der Waals surface area (Å²) in [6.45, 7) is 5.13. The quantitative estimate of drug-likeness (QED) is 0.759. The van der Waals surface area contributed by atoms with Crippen LogP contribution in [-0.2, 0) is 9.59 Å². The van der Waals surface area contributed by atoms with Crippen LogP contribution in [0.15, 0.2) is 0 Å². The largest absolute Gasteiger partial charge is 0.481 e. The number of likely N-dealkylation sites (tertiary alicyclic amines) is 1. The fourth-order valence-electron chi connectivity index (χ4n) is 2.10. The van der Waals surface area contributed by atoms with Gasteiger partial charge in [0, 0.05) is 19.5 Å². The van der Waals surface area contributed by atoms with Gasteiger partial charge >= 0.3 is 5.97 Å². The second kappa shape index (κ2) is 6.00. The second-order valence-corrected chi connectivity index (χ2v) is 5.14. The van der Waals surface area contributed by atoms with Crippen molar-refractivity contribution in [3.8, 4) is 0 Å². The Labute approximate surface area is 102 Å². The summed E-state index contributed by atoms with van der Waals surface area (Å²) < 4.78 is 0. The molecule has 1 amide bonds. The number of carbonyl (C=O) groups is 2. The van der Waals surface area contributed by atoms with Gasteiger partial charge in [0.15, 0.2) is 0 Å². The summed E-state index contributed by atoms with van der Waals surface area (Å²) in [6, 6.07) is -0.439. The molecule has 0 aliphatic carbocycles. The van der Waals surface area contributed by atoms with Crippen LogP contribution in [0.4, 0.5) is 0 Å². The van der Waals surface area contributed by atoms with E-state index in [1.807, 2.05) is 13.8 Å². The summed E-state index contributed by atoms with van der Waals surface area (Å²) in [5.41, 5.74) is 5.82. The molecule has 0 aromatic heterocycles. The second-order valence-electron chi connectivity index (χ2n) is 5.14. The third-order valence-electron chi connectivity index (χ3n) is 3.39. The van der Waals surface area contributed by atoms with Gasteiger partial charge in [0.25, 0.3) is 0 Å². The van der Waals surface area contributed by atoms with Crippen molar-refractivity contribution in [2.24, 2.45) is 17.6 Å². The number of rotatable bonds is 4. The van der Waals surface area contributed by atoms with E-state index < -0.39 is 12.0 Å². The predicted molar refractivity (Wildman–Crippen MR) is 64.4 cm³/mol. The van der Waals surface area contributed by atoms with Crippen molar-refractivity contribution >= 4 is 11.9 Å². The van der Waals surface area contributed by atoms with Crippen molar-refractivity contribution in [3.05, 3.63) is 0 Å². The third-order valence-corrected chi connectivity index (χ3v) is 3.39. The maximum atomic E-state index is 12.0. The van der Waals surface area contributed by atoms with Crippen molar-refractivity contribution < 1.29 is 14.7 Å². The minimum atomic E-state index is -0.756. The Hall–Kier alpha value is -1.10. The molecular weight excluding hydrogens is 220 g/mol. The van der Waals surface area contributed by atoms with Crippen LogP contribution in [0.25, 0.3) is 0 Å². The number of carboxylic acid groups (broad SMARTS) is 1. The number of aliphatic carboxylic acids is 1. The zero-order valence-electron chi connectivity index (χ0n) is 10.6. The van der Waals surface area contributed by atoms with Crippen LogP contribution in [0.3, 0.4) is 0 Å². The van der Waals surface area contributed by atoms with Gasteiger partial charge < -0.3 is 15.7 Å².